The van der Waals surface area contributed by atoms with Crippen LogP contribution < -0.4 is 4.74 Å². The van der Waals surface area contributed by atoms with Gasteiger partial charge in [0.1, 0.15) is 12.4 Å². The topological polar surface area (TPSA) is 63.6 Å². The fourth-order valence-corrected chi connectivity index (χ4v) is 3.40. The van der Waals surface area contributed by atoms with E-state index >= 15 is 0 Å². The molecule has 0 radical (unpaired) electrons. The van der Waals surface area contributed by atoms with Gasteiger partial charge in [0, 0.05) is 22.6 Å². The number of ether oxygens (including phenoxy) is 1. The van der Waals surface area contributed by atoms with Crippen LogP contribution in [0.1, 0.15) is 37.4 Å². The summed E-state index contributed by atoms with van der Waals surface area (Å²) >= 11 is 5.92. The quantitative estimate of drug-likeness (QED) is 0.575. The summed E-state index contributed by atoms with van der Waals surface area (Å²) in [5.41, 5.74) is 4.42. The third kappa shape index (κ3) is 4.23. The summed E-state index contributed by atoms with van der Waals surface area (Å²) in [7, 11) is 0. The van der Waals surface area contributed by atoms with Gasteiger partial charge in [0.25, 0.3) is 0 Å². The summed E-state index contributed by atoms with van der Waals surface area (Å²) in [6, 6.07) is 19.4. The van der Waals surface area contributed by atoms with E-state index in [1.54, 1.807) is 48.5 Å². The minimum Gasteiger partial charge on any atom is -0.489 e. The van der Waals surface area contributed by atoms with Crippen molar-refractivity contribution in [2.24, 2.45) is 0 Å². The summed E-state index contributed by atoms with van der Waals surface area (Å²) in [4.78, 5) is 23.6. The van der Waals surface area contributed by atoms with E-state index in [0.29, 0.717) is 29.4 Å². The number of halogens is 1. The molecule has 0 saturated carbocycles. The van der Waals surface area contributed by atoms with Gasteiger partial charge in [-0.15, -0.1) is 0 Å². The number of carbonyl (C=O) groups excluding carboxylic acids is 1. The molecule has 0 amide bonds. The van der Waals surface area contributed by atoms with E-state index in [-0.39, 0.29) is 11.3 Å². The van der Waals surface area contributed by atoms with Crippen molar-refractivity contribution in [2.45, 2.75) is 13.0 Å². The Labute approximate surface area is 173 Å². The average molecular weight is 405 g/mol. The zero-order valence-electron chi connectivity index (χ0n) is 15.4. The van der Waals surface area contributed by atoms with E-state index < -0.39 is 5.97 Å². The zero-order chi connectivity index (χ0) is 20.4. The smallest absolute Gasteiger partial charge is 0.335 e. The molecule has 0 spiro atoms. The van der Waals surface area contributed by atoms with Gasteiger partial charge in [0.05, 0.1) is 5.56 Å². The van der Waals surface area contributed by atoms with Crippen molar-refractivity contribution in [3.05, 3.63) is 105 Å². The second-order valence-electron chi connectivity index (χ2n) is 6.84. The van der Waals surface area contributed by atoms with Crippen molar-refractivity contribution in [3.63, 3.8) is 0 Å². The summed E-state index contributed by atoms with van der Waals surface area (Å²) in [5, 5.41) is 9.61. The van der Waals surface area contributed by atoms with E-state index in [1.807, 2.05) is 24.3 Å². The number of benzene rings is 3. The highest BCUT2D eigenvalue weighted by Gasteiger charge is 2.25. The zero-order valence-corrected chi connectivity index (χ0v) is 16.1. The number of rotatable bonds is 5. The van der Waals surface area contributed by atoms with Crippen LogP contribution in [0.5, 0.6) is 5.75 Å². The molecule has 5 heteroatoms. The Bertz CT molecular complexity index is 1110. The van der Waals surface area contributed by atoms with Gasteiger partial charge in [-0.05, 0) is 65.2 Å². The number of Topliss-reactive ketones (excluding diaryl/α,β-unsaturated/α-hetero) is 1. The molecule has 0 saturated heterocycles. The number of hydrogen-bond donors (Lipinski definition) is 1. The number of allylic oxidation sites excluding steroid dienone is 1. The molecule has 144 valence electrons. The van der Waals surface area contributed by atoms with E-state index in [2.05, 4.69) is 0 Å². The molecule has 1 aliphatic rings. The molecule has 3 aromatic rings. The van der Waals surface area contributed by atoms with Crippen LogP contribution in [0.4, 0.5) is 0 Å². The largest absolute Gasteiger partial charge is 0.489 e. The van der Waals surface area contributed by atoms with Crippen LogP contribution in [0, 0.1) is 0 Å². The van der Waals surface area contributed by atoms with Gasteiger partial charge in [-0.1, -0.05) is 35.9 Å². The van der Waals surface area contributed by atoms with Crippen LogP contribution in [0.2, 0.25) is 5.02 Å². The molecular weight excluding hydrogens is 388 g/mol. The number of carbonyl (C=O) groups is 2. The number of ketones is 1. The van der Waals surface area contributed by atoms with Gasteiger partial charge in [-0.3, -0.25) is 4.79 Å². The molecule has 0 atom stereocenters. The maximum atomic E-state index is 12.7. The number of fused-ring (bicyclic) bond motifs is 1. The van der Waals surface area contributed by atoms with Crippen molar-refractivity contribution < 1.29 is 19.4 Å². The van der Waals surface area contributed by atoms with E-state index in [1.165, 1.54) is 0 Å². The summed E-state index contributed by atoms with van der Waals surface area (Å²) < 4.78 is 5.83. The minimum absolute atomic E-state index is 0.0331. The van der Waals surface area contributed by atoms with Crippen molar-refractivity contribution in [1.82, 2.24) is 0 Å². The molecule has 0 heterocycles. The molecule has 3 aromatic carbocycles. The Hall–Kier alpha value is -3.37. The van der Waals surface area contributed by atoms with Gasteiger partial charge in [0.15, 0.2) is 5.78 Å². The lowest BCUT2D eigenvalue weighted by Crippen LogP contribution is -1.99. The maximum Gasteiger partial charge on any atom is 0.335 e. The van der Waals surface area contributed by atoms with Gasteiger partial charge < -0.3 is 9.84 Å². The third-order valence-corrected chi connectivity index (χ3v) is 5.06. The highest BCUT2D eigenvalue weighted by molar-refractivity contribution is 6.30. The molecule has 4 rings (SSSR count). The molecule has 0 bridgehead atoms. The molecular formula is C24H17ClO4. The maximum absolute atomic E-state index is 12.7. The first-order valence-corrected chi connectivity index (χ1v) is 9.46. The van der Waals surface area contributed by atoms with Crippen molar-refractivity contribution in [1.29, 1.82) is 0 Å². The lowest BCUT2D eigenvalue weighted by atomic mass is 10.1. The average Bonchev–Trinajstić information content (AvgIpc) is 3.03. The van der Waals surface area contributed by atoms with E-state index in [9.17, 15) is 9.59 Å². The Morgan fingerprint density at radius 1 is 1.03 bits per heavy atom. The standard InChI is InChI=1S/C24H17ClO4/c25-20-7-3-15(4-8-20)11-19-12-18-13-21(9-10-22(18)23(19)26)29-14-16-1-5-17(6-2-16)24(27)28/h1-11,13H,12,14H2,(H,27,28)/b19-11+. The Morgan fingerprint density at radius 2 is 1.76 bits per heavy atom. The van der Waals surface area contributed by atoms with Gasteiger partial charge >= 0.3 is 5.97 Å². The van der Waals surface area contributed by atoms with Crippen molar-refractivity contribution in [3.8, 4) is 5.75 Å². The van der Waals surface area contributed by atoms with Crippen LogP contribution in [-0.2, 0) is 13.0 Å². The van der Waals surface area contributed by atoms with E-state index in [4.69, 9.17) is 21.4 Å². The summed E-state index contributed by atoms with van der Waals surface area (Å²) in [5.74, 6) is -0.249. The van der Waals surface area contributed by atoms with Crippen molar-refractivity contribution in [2.75, 3.05) is 0 Å². The monoisotopic (exact) mass is 404 g/mol. The number of aromatic carboxylic acids is 1. The Balaban J connectivity index is 1.47. The van der Waals surface area contributed by atoms with Crippen LogP contribution in [0.25, 0.3) is 6.08 Å². The first-order chi connectivity index (χ1) is 14.0. The van der Waals surface area contributed by atoms with Crippen LogP contribution in [-0.4, -0.2) is 16.9 Å². The number of carboxylic acids is 1. The molecule has 29 heavy (non-hydrogen) atoms. The predicted octanol–water partition coefficient (Wildman–Crippen LogP) is 5.44. The highest BCUT2D eigenvalue weighted by Crippen LogP contribution is 2.31. The molecule has 0 fully saturated rings. The van der Waals surface area contributed by atoms with Crippen LogP contribution >= 0.6 is 11.6 Å². The Kier molecular flexibility index (Phi) is 5.19. The Morgan fingerprint density at radius 3 is 2.45 bits per heavy atom. The minimum atomic E-state index is -0.955. The second kappa shape index (κ2) is 7.94. The van der Waals surface area contributed by atoms with E-state index in [0.717, 1.165) is 22.3 Å². The fourth-order valence-electron chi connectivity index (χ4n) is 3.27. The van der Waals surface area contributed by atoms with Gasteiger partial charge in [-0.2, -0.15) is 0 Å². The number of hydrogen-bond acceptors (Lipinski definition) is 3. The molecule has 0 aliphatic heterocycles. The molecule has 4 nitrogen and oxygen atoms in total. The van der Waals surface area contributed by atoms with Crippen LogP contribution in [0.15, 0.2) is 72.3 Å². The molecule has 1 aliphatic carbocycles. The predicted molar refractivity (Wildman–Crippen MR) is 112 cm³/mol. The molecule has 0 aromatic heterocycles. The van der Waals surface area contributed by atoms with Gasteiger partial charge in [-0.25, -0.2) is 4.79 Å². The highest BCUT2D eigenvalue weighted by atomic mass is 35.5. The first-order valence-electron chi connectivity index (χ1n) is 9.08. The van der Waals surface area contributed by atoms with Gasteiger partial charge in [0.2, 0.25) is 0 Å². The number of carboxylic acid groups (broad SMARTS) is 1. The lowest BCUT2D eigenvalue weighted by Gasteiger charge is -2.08. The SMILES string of the molecule is O=C(O)c1ccc(COc2ccc3c(c2)C/C(=C\c2ccc(Cl)cc2)C3=O)cc1. The lowest BCUT2D eigenvalue weighted by molar-refractivity contribution is 0.0696. The summed E-state index contributed by atoms with van der Waals surface area (Å²) in [6.45, 7) is 0.320. The first kappa shape index (κ1) is 19.0. The molecule has 1 N–H and O–H groups in total. The third-order valence-electron chi connectivity index (χ3n) is 4.81. The van der Waals surface area contributed by atoms with Crippen LogP contribution in [0.3, 0.4) is 0 Å². The second-order valence-corrected chi connectivity index (χ2v) is 7.27. The summed E-state index contributed by atoms with van der Waals surface area (Å²) in [6.07, 6.45) is 2.45. The molecule has 0 unspecified atom stereocenters. The van der Waals surface area contributed by atoms with Crippen molar-refractivity contribution >= 4 is 29.4 Å². The normalized spacial score (nSPS) is 14.1. The fraction of sp³-hybridized carbons (Fsp3) is 0.0833.